The zero-order chi connectivity index (χ0) is 11.7. The van der Waals surface area contributed by atoms with Gasteiger partial charge in [-0.2, -0.15) is 0 Å². The van der Waals surface area contributed by atoms with Crippen LogP contribution in [-0.4, -0.2) is 20.0 Å². The molecular weight excluding hydrogens is 236 g/mol. The number of rotatable bonds is 2. The highest BCUT2D eigenvalue weighted by Gasteiger charge is 2.02. The summed E-state index contributed by atoms with van der Waals surface area (Å²) in [6, 6.07) is 9.88. The Morgan fingerprint density at radius 1 is 1.24 bits per heavy atom. The minimum atomic E-state index is 0.370. The third-order valence-electron chi connectivity index (χ3n) is 2.53. The Morgan fingerprint density at radius 3 is 3.00 bits per heavy atom. The van der Waals surface area contributed by atoms with E-state index in [2.05, 4.69) is 15.3 Å². The van der Waals surface area contributed by atoms with Crippen molar-refractivity contribution in [1.29, 1.82) is 0 Å². The van der Waals surface area contributed by atoms with E-state index in [1.165, 1.54) is 0 Å². The van der Waals surface area contributed by atoms with Gasteiger partial charge in [-0.1, -0.05) is 11.3 Å². The largest absolute Gasteiger partial charge is 0.256 e. The molecular formula is C12H9ClN4. The number of halogens is 1. The fraction of sp³-hybridized carbons (Fsp3) is 0.0833. The zero-order valence-corrected chi connectivity index (χ0v) is 9.67. The highest BCUT2D eigenvalue weighted by atomic mass is 35.5. The first kappa shape index (κ1) is 10.2. The predicted molar refractivity (Wildman–Crippen MR) is 66.2 cm³/mol. The average molecular weight is 245 g/mol. The van der Waals surface area contributed by atoms with Crippen molar-refractivity contribution in [2.75, 3.05) is 0 Å². The number of nitrogens with zero attached hydrogens (tertiary/aromatic N) is 4. The number of hydrogen-bond acceptors (Lipinski definition) is 3. The second kappa shape index (κ2) is 4.14. The third kappa shape index (κ3) is 1.87. The van der Waals surface area contributed by atoms with Crippen molar-refractivity contribution in [3.8, 4) is 5.69 Å². The van der Waals surface area contributed by atoms with Gasteiger partial charge < -0.3 is 0 Å². The summed E-state index contributed by atoms with van der Waals surface area (Å²) >= 11 is 5.70. The lowest BCUT2D eigenvalue weighted by Crippen LogP contribution is -1.94. The van der Waals surface area contributed by atoms with Gasteiger partial charge in [-0.05, 0) is 24.3 Å². The molecule has 17 heavy (non-hydrogen) atoms. The molecule has 0 saturated carbocycles. The first-order valence-electron chi connectivity index (χ1n) is 5.19. The van der Waals surface area contributed by atoms with Gasteiger partial charge in [0, 0.05) is 11.6 Å². The second-order valence-electron chi connectivity index (χ2n) is 3.67. The Labute approximate surface area is 103 Å². The number of alkyl halides is 1. The third-order valence-corrected chi connectivity index (χ3v) is 2.80. The van der Waals surface area contributed by atoms with E-state index in [0.717, 1.165) is 22.3 Å². The van der Waals surface area contributed by atoms with E-state index in [-0.39, 0.29) is 0 Å². The van der Waals surface area contributed by atoms with E-state index in [9.17, 15) is 0 Å². The van der Waals surface area contributed by atoms with E-state index in [4.69, 9.17) is 11.6 Å². The van der Waals surface area contributed by atoms with Crippen LogP contribution in [0.5, 0.6) is 0 Å². The summed E-state index contributed by atoms with van der Waals surface area (Å²) in [6.07, 6.45) is 3.60. The van der Waals surface area contributed by atoms with Crippen molar-refractivity contribution < 1.29 is 0 Å². The molecule has 5 heteroatoms. The molecule has 84 valence electrons. The molecule has 0 atom stereocenters. The van der Waals surface area contributed by atoms with Gasteiger partial charge in [-0.3, -0.25) is 4.98 Å². The Morgan fingerprint density at radius 2 is 2.18 bits per heavy atom. The summed E-state index contributed by atoms with van der Waals surface area (Å²) in [5.41, 5.74) is 2.68. The van der Waals surface area contributed by atoms with Crippen molar-refractivity contribution in [3.63, 3.8) is 0 Å². The molecule has 0 aliphatic heterocycles. The topological polar surface area (TPSA) is 43.6 Å². The van der Waals surface area contributed by atoms with Gasteiger partial charge in [0.25, 0.3) is 0 Å². The molecule has 2 heterocycles. The van der Waals surface area contributed by atoms with Gasteiger partial charge in [0.05, 0.1) is 29.0 Å². The fourth-order valence-corrected chi connectivity index (χ4v) is 1.81. The maximum absolute atomic E-state index is 5.70. The van der Waals surface area contributed by atoms with Gasteiger partial charge in [0.15, 0.2) is 0 Å². The highest BCUT2D eigenvalue weighted by Crippen LogP contribution is 2.16. The second-order valence-corrected chi connectivity index (χ2v) is 3.94. The molecule has 0 aliphatic carbocycles. The first-order chi connectivity index (χ1) is 8.36. The summed E-state index contributed by atoms with van der Waals surface area (Å²) in [6.45, 7) is 0. The molecule has 3 rings (SSSR count). The van der Waals surface area contributed by atoms with Crippen LogP contribution in [0, 0.1) is 0 Å². The Bertz CT molecular complexity index is 662. The molecule has 0 bridgehead atoms. The molecule has 4 nitrogen and oxygen atoms in total. The normalized spacial score (nSPS) is 10.9. The summed E-state index contributed by atoms with van der Waals surface area (Å²) in [4.78, 5) is 4.27. The van der Waals surface area contributed by atoms with Crippen molar-refractivity contribution in [2.45, 2.75) is 5.88 Å². The van der Waals surface area contributed by atoms with E-state index in [1.54, 1.807) is 10.9 Å². The Hall–Kier alpha value is -1.94. The van der Waals surface area contributed by atoms with Crippen molar-refractivity contribution >= 4 is 22.5 Å². The van der Waals surface area contributed by atoms with Gasteiger partial charge in [0.1, 0.15) is 0 Å². The monoisotopic (exact) mass is 244 g/mol. The number of aromatic nitrogens is 4. The molecule has 3 aromatic rings. The SMILES string of the molecule is ClCc1cn(-c2ccc3ncccc3c2)nn1. The van der Waals surface area contributed by atoms with Crippen LogP contribution in [0.25, 0.3) is 16.6 Å². The van der Waals surface area contributed by atoms with E-state index in [1.807, 2.05) is 36.5 Å². The molecule has 0 radical (unpaired) electrons. The number of pyridine rings is 1. The minimum absolute atomic E-state index is 0.370. The lowest BCUT2D eigenvalue weighted by atomic mass is 10.2. The van der Waals surface area contributed by atoms with Gasteiger partial charge >= 0.3 is 0 Å². The lowest BCUT2D eigenvalue weighted by Gasteiger charge is -2.01. The van der Waals surface area contributed by atoms with Gasteiger partial charge in [0.2, 0.25) is 0 Å². The van der Waals surface area contributed by atoms with E-state index < -0.39 is 0 Å². The van der Waals surface area contributed by atoms with Crippen LogP contribution in [0.15, 0.2) is 42.7 Å². The van der Waals surface area contributed by atoms with Crippen molar-refractivity contribution in [3.05, 3.63) is 48.4 Å². The summed E-state index contributed by atoms with van der Waals surface area (Å²) in [5, 5.41) is 9.06. The van der Waals surface area contributed by atoms with Crippen molar-refractivity contribution in [1.82, 2.24) is 20.0 Å². The van der Waals surface area contributed by atoms with Crippen LogP contribution in [-0.2, 0) is 5.88 Å². The molecule has 1 aromatic carbocycles. The van der Waals surface area contributed by atoms with Crippen molar-refractivity contribution in [2.24, 2.45) is 0 Å². The maximum Gasteiger partial charge on any atom is 0.0979 e. The quantitative estimate of drug-likeness (QED) is 0.651. The van der Waals surface area contributed by atoms with Crippen LogP contribution < -0.4 is 0 Å². The summed E-state index contributed by atoms with van der Waals surface area (Å²) in [5.74, 6) is 0.370. The molecule has 0 spiro atoms. The molecule has 0 aliphatic rings. The standard InChI is InChI=1S/C12H9ClN4/c13-7-10-8-17(16-15-10)11-3-4-12-9(6-11)2-1-5-14-12/h1-6,8H,7H2. The molecule has 0 fully saturated rings. The Kier molecular flexibility index (Phi) is 2.49. The first-order valence-corrected chi connectivity index (χ1v) is 5.72. The van der Waals surface area contributed by atoms with Crippen LogP contribution in [0.2, 0.25) is 0 Å². The van der Waals surface area contributed by atoms with E-state index >= 15 is 0 Å². The summed E-state index contributed by atoms with van der Waals surface area (Å²) in [7, 11) is 0. The smallest absolute Gasteiger partial charge is 0.0979 e. The van der Waals surface area contributed by atoms with Crippen LogP contribution in [0.4, 0.5) is 0 Å². The van der Waals surface area contributed by atoms with Crippen LogP contribution in [0.3, 0.4) is 0 Å². The maximum atomic E-state index is 5.70. The number of fused-ring (bicyclic) bond motifs is 1. The predicted octanol–water partition coefficient (Wildman–Crippen LogP) is 2.55. The minimum Gasteiger partial charge on any atom is -0.256 e. The zero-order valence-electron chi connectivity index (χ0n) is 8.92. The average Bonchev–Trinajstić information content (AvgIpc) is 2.87. The molecule has 2 aromatic heterocycles. The van der Waals surface area contributed by atoms with Gasteiger partial charge in [-0.25, -0.2) is 4.68 Å². The summed E-state index contributed by atoms with van der Waals surface area (Å²) < 4.78 is 1.71. The molecule has 0 saturated heterocycles. The number of hydrogen-bond donors (Lipinski definition) is 0. The van der Waals surface area contributed by atoms with Gasteiger partial charge in [-0.15, -0.1) is 16.7 Å². The highest BCUT2D eigenvalue weighted by molar-refractivity contribution is 6.16. The van der Waals surface area contributed by atoms with E-state index in [0.29, 0.717) is 5.88 Å². The number of benzene rings is 1. The Balaban J connectivity index is 2.11. The molecule has 0 unspecified atom stereocenters. The van der Waals surface area contributed by atoms with Crippen LogP contribution in [0.1, 0.15) is 5.69 Å². The molecule has 0 amide bonds. The molecule has 0 N–H and O–H groups in total. The lowest BCUT2D eigenvalue weighted by molar-refractivity contribution is 0.801. The van der Waals surface area contributed by atoms with Crippen LogP contribution >= 0.6 is 11.6 Å². The fourth-order valence-electron chi connectivity index (χ4n) is 1.69.